The largest absolute Gasteiger partial charge is 0.396 e. The second kappa shape index (κ2) is 24.4. The van der Waals surface area contributed by atoms with Gasteiger partial charge in [0.15, 0.2) is 37.2 Å². The standard InChI is InChI=1S/C57H90O27/c1-8-26(60)29-15-22(2)57(84-29)16-33(63)56(7)25-9-10-32-53(4,24(25)11-14-55(56,57)6)13-12-34(54(32,5)21-59)80-50-44(73)41(70)38(67)31(79-50)20-76-51-46(37(66)28(62)19-75-51)82-52-47(83-49-43(72)40(69)35(64)23(3)77-49)45(39(68)30(17-58)78-52)81-48-42(71)36(65)27(61)18-74-48/h22-23,27-32,34-52,58-59,61-62,64-73H,8-21H2,1-7H3/t22-,23+,27+,28+,29+,30-,31-,32-,34+,35+,36+,37+,38-,39-,40-,41+,42-,43-,44-,45+,46-,47-,48+,49+,50+,51+,52+,53-,54-,55+,56-,57+/m1/s1. The van der Waals surface area contributed by atoms with Gasteiger partial charge in [0.1, 0.15) is 116 Å². The van der Waals surface area contributed by atoms with Gasteiger partial charge in [0.05, 0.1) is 56.3 Å². The maximum absolute atomic E-state index is 14.7. The monoisotopic (exact) mass is 1210 g/mol. The SMILES string of the molecule is CCC(=O)[C@@H]1C[C@@H](C)[C@]2(CC(=O)[C@@]3(C)C4=C(CC[C@@]32C)[C@@]2(C)CC[C@H](O[C@@H]3O[C@H](CO[C@@H]5OC[C@H](O)[C@H](O)[C@H]5O[C@@H]5O[C@H](CO)[C@@H](O)[C@H](O[C@@H]6OC[C@H](O)[C@H](O)[C@H]6O)[C@H]5O[C@@H]5O[C@@H](C)[C@H](O)[C@@H](O)[C@H]5O)[C@@H](O)[C@H](O)[C@H]3O)[C@](C)(CO)[C@@H]2CC4)O1. The number of hydrogen-bond donors (Lipinski definition) is 14. The fraction of sp³-hybridized carbons (Fsp3) is 0.930. The molecule has 0 aromatic heterocycles. The zero-order chi connectivity index (χ0) is 61.1. The molecular weight excluding hydrogens is 1120 g/mol. The van der Waals surface area contributed by atoms with Crippen LogP contribution in [0.1, 0.15) is 106 Å². The van der Waals surface area contributed by atoms with Gasteiger partial charge in [-0.3, -0.25) is 9.59 Å². The lowest BCUT2D eigenvalue weighted by molar-refractivity contribution is -0.404. The predicted molar refractivity (Wildman–Crippen MR) is 280 cm³/mol. The molecule has 27 heteroatoms. The summed E-state index contributed by atoms with van der Waals surface area (Å²) in [7, 11) is 0. The van der Waals surface area contributed by atoms with Crippen molar-refractivity contribution in [3.63, 3.8) is 0 Å². The average molecular weight is 1210 g/mol. The molecule has 0 amide bonds. The molecule has 6 heterocycles. The molecule has 0 unspecified atom stereocenters. The molecule has 27 nitrogen and oxygen atoms in total. The van der Waals surface area contributed by atoms with E-state index in [4.69, 9.17) is 52.1 Å². The summed E-state index contributed by atoms with van der Waals surface area (Å²) in [5.74, 6) is -0.0430. The number of allylic oxidation sites excluding steroid dienone is 2. The van der Waals surface area contributed by atoms with Crippen molar-refractivity contribution in [2.75, 3.05) is 33.0 Å². The Morgan fingerprint density at radius 1 is 0.607 bits per heavy atom. The van der Waals surface area contributed by atoms with Gasteiger partial charge in [0.2, 0.25) is 0 Å². The van der Waals surface area contributed by atoms with Gasteiger partial charge < -0.3 is 124 Å². The second-order valence-corrected chi connectivity index (χ2v) is 26.4. The van der Waals surface area contributed by atoms with Crippen LogP contribution in [-0.2, 0) is 61.7 Å². The quantitative estimate of drug-likeness (QED) is 0.0699. The molecular formula is C57H90O27. The highest BCUT2D eigenvalue weighted by Gasteiger charge is 2.75. The van der Waals surface area contributed by atoms with E-state index in [-0.39, 0.29) is 36.4 Å². The van der Waals surface area contributed by atoms with Crippen molar-refractivity contribution in [2.45, 2.75) is 265 Å². The molecule has 6 saturated heterocycles. The first kappa shape index (κ1) is 65.0. The number of rotatable bonds is 15. The normalized spacial score (nSPS) is 54.3. The number of aliphatic hydroxyl groups is 14. The number of hydrogen-bond acceptors (Lipinski definition) is 27. The molecule has 0 bridgehead atoms. The Hall–Kier alpha value is -1.92. The highest BCUT2D eigenvalue weighted by Crippen LogP contribution is 2.74. The fourth-order valence-electron chi connectivity index (χ4n) is 16.5. The van der Waals surface area contributed by atoms with E-state index in [1.54, 1.807) is 0 Å². The first-order chi connectivity index (χ1) is 39.6. The zero-order valence-electron chi connectivity index (χ0n) is 48.6. The number of carbonyl (C=O) groups excluding carboxylic acids is 2. The van der Waals surface area contributed by atoms with Crippen LogP contribution in [0, 0.1) is 33.5 Å². The molecule has 2 saturated carbocycles. The van der Waals surface area contributed by atoms with E-state index in [1.165, 1.54) is 12.5 Å². The molecule has 10 rings (SSSR count). The van der Waals surface area contributed by atoms with Crippen molar-refractivity contribution in [1.82, 2.24) is 0 Å². The van der Waals surface area contributed by atoms with Crippen LogP contribution in [0.5, 0.6) is 0 Å². The summed E-state index contributed by atoms with van der Waals surface area (Å²) in [5, 5.41) is 154. The van der Waals surface area contributed by atoms with Crippen LogP contribution in [0.2, 0.25) is 0 Å². The molecule has 0 aromatic carbocycles. The summed E-state index contributed by atoms with van der Waals surface area (Å²) in [4.78, 5) is 27.7. The van der Waals surface area contributed by atoms with Gasteiger partial charge in [-0.15, -0.1) is 0 Å². The van der Waals surface area contributed by atoms with Gasteiger partial charge in [-0.05, 0) is 76.0 Å². The van der Waals surface area contributed by atoms with E-state index in [2.05, 4.69) is 27.7 Å². The maximum Gasteiger partial charge on any atom is 0.187 e. The highest BCUT2D eigenvalue weighted by atomic mass is 16.8. The number of carbonyl (C=O) groups is 2. The molecule has 84 heavy (non-hydrogen) atoms. The van der Waals surface area contributed by atoms with Crippen LogP contribution in [-0.4, -0.2) is 275 Å². The lowest BCUT2D eigenvalue weighted by atomic mass is 9.42. The van der Waals surface area contributed by atoms with Crippen LogP contribution in [0.25, 0.3) is 0 Å². The molecule has 4 aliphatic carbocycles. The van der Waals surface area contributed by atoms with Crippen molar-refractivity contribution < 1.29 is 133 Å². The first-order valence-electron chi connectivity index (χ1n) is 29.9. The number of aliphatic hydroxyl groups excluding tert-OH is 14. The lowest BCUT2D eigenvalue weighted by Gasteiger charge is -2.63. The van der Waals surface area contributed by atoms with Crippen molar-refractivity contribution in [1.29, 1.82) is 0 Å². The Kier molecular flexibility index (Phi) is 18.9. The van der Waals surface area contributed by atoms with E-state index in [0.717, 1.165) is 5.57 Å². The van der Waals surface area contributed by atoms with Gasteiger partial charge in [0.25, 0.3) is 0 Å². The second-order valence-electron chi connectivity index (χ2n) is 26.4. The zero-order valence-corrected chi connectivity index (χ0v) is 48.6. The minimum absolute atomic E-state index is 0.0110. The Labute approximate surface area is 486 Å². The average Bonchev–Trinajstić information content (AvgIpc) is 1.43. The first-order valence-corrected chi connectivity index (χ1v) is 29.9. The van der Waals surface area contributed by atoms with Crippen LogP contribution >= 0.6 is 0 Å². The third-order valence-corrected chi connectivity index (χ3v) is 22.0. The van der Waals surface area contributed by atoms with Crippen molar-refractivity contribution in [2.24, 2.45) is 33.5 Å². The summed E-state index contributed by atoms with van der Waals surface area (Å²) < 4.78 is 66.9. The van der Waals surface area contributed by atoms with Crippen molar-refractivity contribution in [3.05, 3.63) is 11.1 Å². The molecule has 32 atom stereocenters. The Balaban J connectivity index is 0.859. The lowest BCUT2D eigenvalue weighted by Crippen LogP contribution is -2.67. The molecule has 10 aliphatic rings. The molecule has 8 fully saturated rings. The number of Topliss-reactive ketones (excluding diaryl/α,β-unsaturated/α-hetero) is 2. The molecule has 1 spiro atoms. The third kappa shape index (κ3) is 10.4. The summed E-state index contributed by atoms with van der Waals surface area (Å²) >= 11 is 0. The van der Waals surface area contributed by atoms with Gasteiger partial charge in [-0.1, -0.05) is 45.8 Å². The summed E-state index contributed by atoms with van der Waals surface area (Å²) in [6, 6.07) is 0. The van der Waals surface area contributed by atoms with Crippen LogP contribution in [0.15, 0.2) is 11.1 Å². The number of fused-ring (bicyclic) bond motifs is 5. The van der Waals surface area contributed by atoms with E-state index in [0.29, 0.717) is 51.4 Å². The third-order valence-electron chi connectivity index (χ3n) is 22.0. The predicted octanol–water partition coefficient (Wildman–Crippen LogP) is -3.80. The summed E-state index contributed by atoms with van der Waals surface area (Å²) in [6.45, 7) is 10.6. The summed E-state index contributed by atoms with van der Waals surface area (Å²) in [6.07, 6.45) is -37.2. The van der Waals surface area contributed by atoms with Gasteiger partial charge in [-0.25, -0.2) is 0 Å². The van der Waals surface area contributed by atoms with Crippen molar-refractivity contribution >= 4 is 11.6 Å². The van der Waals surface area contributed by atoms with Gasteiger partial charge >= 0.3 is 0 Å². The molecule has 6 aliphatic heterocycles. The maximum atomic E-state index is 14.7. The molecule has 0 aromatic rings. The highest BCUT2D eigenvalue weighted by molar-refractivity contribution is 5.94. The van der Waals surface area contributed by atoms with Crippen LogP contribution < -0.4 is 0 Å². The number of ketones is 2. The van der Waals surface area contributed by atoms with E-state index < -0.39 is 207 Å². The Bertz CT molecular complexity index is 2390. The Morgan fingerprint density at radius 3 is 1.88 bits per heavy atom. The topological polar surface area (TPSA) is 419 Å². The van der Waals surface area contributed by atoms with Gasteiger partial charge in [-0.2, -0.15) is 0 Å². The number of ether oxygens (including phenoxy) is 11. The van der Waals surface area contributed by atoms with Gasteiger partial charge in [0, 0.05) is 23.7 Å². The smallest absolute Gasteiger partial charge is 0.187 e. The molecule has 0 radical (unpaired) electrons. The molecule has 480 valence electrons. The molecule has 14 N–H and O–H groups in total. The fourth-order valence-corrected chi connectivity index (χ4v) is 16.5. The summed E-state index contributed by atoms with van der Waals surface area (Å²) in [5.41, 5.74) is -1.34. The van der Waals surface area contributed by atoms with E-state index >= 15 is 0 Å². The Morgan fingerprint density at radius 2 is 1.21 bits per heavy atom. The van der Waals surface area contributed by atoms with E-state index in [9.17, 15) is 81.1 Å². The van der Waals surface area contributed by atoms with Crippen molar-refractivity contribution in [3.8, 4) is 0 Å². The van der Waals surface area contributed by atoms with E-state index in [1.807, 2.05) is 13.8 Å². The minimum atomic E-state index is -1.98. The minimum Gasteiger partial charge on any atom is -0.396 e. The van der Waals surface area contributed by atoms with Crippen LogP contribution in [0.3, 0.4) is 0 Å². The van der Waals surface area contributed by atoms with Crippen LogP contribution in [0.4, 0.5) is 0 Å².